The van der Waals surface area contributed by atoms with Crippen molar-refractivity contribution in [1.82, 2.24) is 19.5 Å². The minimum Gasteiger partial charge on any atom is -0.277 e. The molecule has 0 unspecified atom stereocenters. The molecular weight excluding hydrogens is 484 g/mol. The first-order valence-corrected chi connectivity index (χ1v) is 12.6. The fraction of sp³-hybridized carbons (Fsp3) is 0. The molecule has 4 nitrogen and oxygen atoms in total. The second-order valence-corrected chi connectivity index (χ2v) is 9.58. The van der Waals surface area contributed by atoms with Gasteiger partial charge in [0.05, 0.1) is 24.7 Å². The maximum atomic E-state index is 9.17. The van der Waals surface area contributed by atoms with Crippen molar-refractivity contribution < 1.29 is 13.7 Å². The minimum absolute atomic E-state index is 0.0181. The van der Waals surface area contributed by atoms with Crippen LogP contribution in [0.1, 0.15) is 13.7 Å². The van der Waals surface area contributed by atoms with E-state index >= 15 is 0 Å². The summed E-state index contributed by atoms with van der Waals surface area (Å²) in [5, 5.41) is 0.303. The molecule has 38 heavy (non-hydrogen) atoms. The predicted octanol–water partition coefficient (Wildman–Crippen LogP) is 8.67. The summed E-state index contributed by atoms with van der Waals surface area (Å²) in [4.78, 5) is 14.4. The van der Waals surface area contributed by atoms with Crippen LogP contribution in [0.15, 0.2) is 121 Å². The Morgan fingerprint density at radius 1 is 0.579 bits per heavy atom. The quantitative estimate of drug-likeness (QED) is 0.237. The molecule has 0 radical (unpaired) electrons. The Balaban J connectivity index is 1.68. The third kappa shape index (κ3) is 3.19. The van der Waals surface area contributed by atoms with Gasteiger partial charge in [0, 0.05) is 42.1 Å². The minimum atomic E-state index is -0.528. The van der Waals surface area contributed by atoms with E-state index in [0.29, 0.717) is 11.1 Å². The van der Waals surface area contributed by atoms with Crippen molar-refractivity contribution in [2.75, 3.05) is 0 Å². The molecule has 0 aliphatic rings. The lowest BCUT2D eigenvalue weighted by Crippen LogP contribution is -2.06. The molecule has 0 N–H and O–H groups in total. The maximum absolute atomic E-state index is 9.17. The highest BCUT2D eigenvalue weighted by Crippen LogP contribution is 2.42. The first kappa shape index (κ1) is 13.6. The number of thiophene rings is 1. The SMILES string of the molecule is [2H]c1c([2H])c([2H])c2c(sc3c([2H])c([2H])c4c5c([2H])c([2H])c([2H])c([2H])c5n(-c5nc(-c6ccccc6)nc(-c6ccccc6)n5)c4c32)c1[2H]. The summed E-state index contributed by atoms with van der Waals surface area (Å²) < 4.78 is 89.4. The Hall–Kier alpha value is -4.87. The monoisotopic (exact) mass is 514 g/mol. The molecule has 0 saturated heterocycles. The van der Waals surface area contributed by atoms with Crippen LogP contribution >= 0.6 is 11.3 Å². The second-order valence-electron chi connectivity index (χ2n) is 8.56. The van der Waals surface area contributed by atoms with Gasteiger partial charge >= 0.3 is 0 Å². The van der Waals surface area contributed by atoms with Crippen LogP contribution in [-0.4, -0.2) is 19.5 Å². The zero-order chi connectivity index (χ0) is 33.8. The Bertz CT molecular complexity index is 2620. The van der Waals surface area contributed by atoms with Crippen LogP contribution < -0.4 is 0 Å². The lowest BCUT2D eigenvalue weighted by atomic mass is 10.1. The largest absolute Gasteiger partial charge is 0.277 e. The maximum Gasteiger partial charge on any atom is 0.238 e. The van der Waals surface area contributed by atoms with Gasteiger partial charge in [-0.05, 0) is 18.1 Å². The van der Waals surface area contributed by atoms with Crippen LogP contribution in [0.3, 0.4) is 0 Å². The Morgan fingerprint density at radius 3 is 1.92 bits per heavy atom. The molecule has 8 aromatic rings. The number of fused-ring (bicyclic) bond motifs is 7. The summed E-state index contributed by atoms with van der Waals surface area (Å²) in [6, 6.07) is 14.2. The summed E-state index contributed by atoms with van der Waals surface area (Å²) >= 11 is 0.957. The van der Waals surface area contributed by atoms with E-state index in [0.717, 1.165) is 11.3 Å². The van der Waals surface area contributed by atoms with Crippen molar-refractivity contribution in [2.24, 2.45) is 0 Å². The lowest BCUT2D eigenvalue weighted by Gasteiger charge is -2.11. The normalized spacial score (nSPS) is 15.4. The highest BCUT2D eigenvalue weighted by Gasteiger charge is 2.21. The molecule has 0 spiro atoms. The van der Waals surface area contributed by atoms with Crippen LogP contribution in [0, 0.1) is 0 Å². The van der Waals surface area contributed by atoms with Crippen molar-refractivity contribution in [3.63, 3.8) is 0 Å². The molecular formula is C33H20N4S. The third-order valence-electron chi connectivity index (χ3n) is 6.36. The van der Waals surface area contributed by atoms with E-state index in [1.165, 1.54) is 4.57 Å². The molecule has 0 fully saturated rings. The van der Waals surface area contributed by atoms with Crippen LogP contribution in [0.25, 0.3) is 70.7 Å². The standard InChI is InChI=1S/C33H20N4S/c1-3-11-21(12-4-1)31-34-32(22-13-5-2-6-14-22)36-33(35-31)37-26-17-9-7-15-23(26)24-19-20-28-29(30(24)37)25-16-8-10-18-27(25)38-28/h1-20H/i7D,8D,9D,10D,15D,16D,17D,18D,19D,20D. The molecule has 178 valence electrons. The van der Waals surface area contributed by atoms with Gasteiger partial charge in [-0.1, -0.05) is 103 Å². The summed E-state index contributed by atoms with van der Waals surface area (Å²) in [5.41, 5.74) is 1.39. The average molecular weight is 515 g/mol. The fourth-order valence-electron chi connectivity index (χ4n) is 4.71. The van der Waals surface area contributed by atoms with Gasteiger partial charge in [-0.25, -0.2) is 4.98 Å². The number of hydrogen-bond donors (Lipinski definition) is 0. The van der Waals surface area contributed by atoms with Crippen LogP contribution in [0.5, 0.6) is 0 Å². The van der Waals surface area contributed by atoms with Gasteiger partial charge in [-0.15, -0.1) is 11.3 Å². The fourth-order valence-corrected chi connectivity index (χ4v) is 5.67. The Kier molecular flexibility index (Phi) is 2.98. The molecule has 3 aromatic heterocycles. The van der Waals surface area contributed by atoms with Crippen molar-refractivity contribution >= 4 is 53.3 Å². The highest BCUT2D eigenvalue weighted by molar-refractivity contribution is 7.26. The van der Waals surface area contributed by atoms with Crippen LogP contribution in [-0.2, 0) is 0 Å². The number of rotatable bonds is 3. The van der Waals surface area contributed by atoms with Gasteiger partial charge in [0.25, 0.3) is 0 Å². The molecule has 8 rings (SSSR count). The third-order valence-corrected chi connectivity index (χ3v) is 7.38. The van der Waals surface area contributed by atoms with Crippen LogP contribution in [0.2, 0.25) is 0 Å². The van der Waals surface area contributed by atoms with Crippen molar-refractivity contribution in [2.45, 2.75) is 0 Å². The van der Waals surface area contributed by atoms with E-state index < -0.39 is 36.3 Å². The topological polar surface area (TPSA) is 43.6 Å². The van der Waals surface area contributed by atoms with Gasteiger partial charge in [0.1, 0.15) is 0 Å². The Labute approximate surface area is 236 Å². The highest BCUT2D eigenvalue weighted by atomic mass is 32.1. The second kappa shape index (κ2) is 8.33. The van der Waals surface area contributed by atoms with E-state index in [-0.39, 0.29) is 83.7 Å². The molecule has 0 aliphatic carbocycles. The van der Waals surface area contributed by atoms with Gasteiger partial charge in [0.15, 0.2) is 11.6 Å². The zero-order valence-electron chi connectivity index (χ0n) is 29.5. The van der Waals surface area contributed by atoms with Gasteiger partial charge in [0.2, 0.25) is 5.95 Å². The first-order chi connectivity index (χ1) is 23.0. The molecule has 0 saturated carbocycles. The van der Waals surface area contributed by atoms with Crippen LogP contribution in [0.4, 0.5) is 0 Å². The lowest BCUT2D eigenvalue weighted by molar-refractivity contribution is 0.955. The summed E-state index contributed by atoms with van der Waals surface area (Å²) in [6.07, 6.45) is 0. The van der Waals surface area contributed by atoms with Crippen molar-refractivity contribution in [3.8, 4) is 28.7 Å². The van der Waals surface area contributed by atoms with E-state index in [2.05, 4.69) is 0 Å². The molecule has 0 aliphatic heterocycles. The zero-order valence-corrected chi connectivity index (χ0v) is 20.3. The molecule has 5 heteroatoms. The summed E-state index contributed by atoms with van der Waals surface area (Å²) in [7, 11) is 0. The van der Waals surface area contributed by atoms with Gasteiger partial charge in [-0.2, -0.15) is 9.97 Å². The molecule has 0 amide bonds. The first-order valence-electron chi connectivity index (χ1n) is 16.7. The average Bonchev–Trinajstić information content (AvgIpc) is 3.69. The number of aromatic nitrogens is 4. The van der Waals surface area contributed by atoms with Crippen molar-refractivity contribution in [3.05, 3.63) is 121 Å². The van der Waals surface area contributed by atoms with E-state index in [9.17, 15) is 1.37 Å². The number of para-hydroxylation sites is 1. The van der Waals surface area contributed by atoms with E-state index in [4.69, 9.17) is 27.3 Å². The molecule has 5 aromatic carbocycles. The predicted molar refractivity (Wildman–Crippen MR) is 158 cm³/mol. The number of nitrogens with zero attached hydrogens (tertiary/aromatic N) is 4. The number of hydrogen-bond acceptors (Lipinski definition) is 4. The molecule has 0 bridgehead atoms. The molecule has 0 atom stereocenters. The Morgan fingerprint density at radius 2 is 1.21 bits per heavy atom. The molecule has 3 heterocycles. The smallest absolute Gasteiger partial charge is 0.238 e. The summed E-state index contributed by atoms with van der Waals surface area (Å²) in [6.45, 7) is 0. The van der Waals surface area contributed by atoms with E-state index in [1.807, 2.05) is 60.7 Å². The van der Waals surface area contributed by atoms with Gasteiger partial charge < -0.3 is 0 Å². The summed E-state index contributed by atoms with van der Waals surface area (Å²) in [5.74, 6) is 0.505. The van der Waals surface area contributed by atoms with Gasteiger partial charge in [-0.3, -0.25) is 4.57 Å². The number of benzene rings is 5. The van der Waals surface area contributed by atoms with Crippen molar-refractivity contribution in [1.29, 1.82) is 0 Å². The van der Waals surface area contributed by atoms with E-state index in [1.54, 1.807) is 0 Å².